The van der Waals surface area contributed by atoms with Crippen LogP contribution in [0.5, 0.6) is 0 Å². The van der Waals surface area contributed by atoms with Gasteiger partial charge in [0.2, 0.25) is 5.91 Å². The number of nitrogens with one attached hydrogen (secondary N) is 2. The summed E-state index contributed by atoms with van der Waals surface area (Å²) in [6.07, 6.45) is 0.776. The molecular formula is C10H12N2O. The maximum Gasteiger partial charge on any atom is 0.241 e. The first-order valence-corrected chi connectivity index (χ1v) is 4.37. The Bertz CT molecular complexity index is 335. The molecule has 3 heteroatoms. The van der Waals surface area contributed by atoms with E-state index in [0.29, 0.717) is 0 Å². The van der Waals surface area contributed by atoms with Crippen molar-refractivity contribution in [3.05, 3.63) is 29.8 Å². The van der Waals surface area contributed by atoms with Crippen LogP contribution in [0.15, 0.2) is 24.3 Å². The zero-order valence-corrected chi connectivity index (χ0v) is 7.50. The Morgan fingerprint density at radius 2 is 2.23 bits per heavy atom. The maximum atomic E-state index is 11.4. The van der Waals surface area contributed by atoms with Crippen molar-refractivity contribution in [1.29, 1.82) is 0 Å². The van der Waals surface area contributed by atoms with E-state index in [4.69, 9.17) is 0 Å². The summed E-state index contributed by atoms with van der Waals surface area (Å²) in [6.45, 7) is 0. The lowest BCUT2D eigenvalue weighted by molar-refractivity contribution is -0.118. The molecule has 13 heavy (non-hydrogen) atoms. The molecule has 1 aromatic rings. The van der Waals surface area contributed by atoms with Gasteiger partial charge in [-0.1, -0.05) is 18.2 Å². The van der Waals surface area contributed by atoms with Gasteiger partial charge in [-0.2, -0.15) is 0 Å². The first-order valence-electron chi connectivity index (χ1n) is 4.37. The smallest absolute Gasteiger partial charge is 0.241 e. The second-order valence-corrected chi connectivity index (χ2v) is 3.19. The molecule has 1 aliphatic rings. The van der Waals surface area contributed by atoms with Gasteiger partial charge in [-0.25, -0.2) is 0 Å². The number of benzene rings is 1. The lowest BCUT2D eigenvalue weighted by atomic mass is 9.99. The van der Waals surface area contributed by atoms with Gasteiger partial charge in [-0.3, -0.25) is 4.79 Å². The van der Waals surface area contributed by atoms with E-state index in [2.05, 4.69) is 10.6 Å². The van der Waals surface area contributed by atoms with E-state index in [-0.39, 0.29) is 11.9 Å². The van der Waals surface area contributed by atoms with E-state index in [9.17, 15) is 4.79 Å². The van der Waals surface area contributed by atoms with E-state index in [1.54, 1.807) is 7.05 Å². The van der Waals surface area contributed by atoms with Crippen molar-refractivity contribution in [2.75, 3.05) is 12.4 Å². The summed E-state index contributed by atoms with van der Waals surface area (Å²) in [5, 5.41) is 5.84. The topological polar surface area (TPSA) is 41.1 Å². The van der Waals surface area contributed by atoms with Gasteiger partial charge < -0.3 is 10.6 Å². The van der Waals surface area contributed by atoms with Crippen LogP contribution in [-0.2, 0) is 11.2 Å². The third-order valence-electron chi connectivity index (χ3n) is 2.36. The number of fused-ring (bicyclic) bond motifs is 1. The third kappa shape index (κ3) is 1.42. The van der Waals surface area contributed by atoms with Gasteiger partial charge in [0, 0.05) is 5.69 Å². The summed E-state index contributed by atoms with van der Waals surface area (Å²) in [5.41, 5.74) is 2.14. The lowest BCUT2D eigenvalue weighted by Gasteiger charge is -2.23. The van der Waals surface area contributed by atoms with Gasteiger partial charge in [0.05, 0.1) is 6.04 Å². The fourth-order valence-corrected chi connectivity index (χ4v) is 1.59. The number of likely N-dealkylation sites (N-methyl/N-ethyl adjacent to an activating group) is 1. The average Bonchev–Trinajstić information content (AvgIpc) is 2.17. The predicted octanol–water partition coefficient (Wildman–Crippen LogP) is 0.769. The number of anilines is 1. The van der Waals surface area contributed by atoms with Crippen LogP contribution in [0.1, 0.15) is 5.56 Å². The van der Waals surface area contributed by atoms with Crippen LogP contribution >= 0.6 is 0 Å². The molecule has 1 aliphatic heterocycles. The highest BCUT2D eigenvalue weighted by Crippen LogP contribution is 2.21. The molecule has 0 aliphatic carbocycles. The molecule has 1 amide bonds. The molecule has 1 heterocycles. The predicted molar refractivity (Wildman–Crippen MR) is 51.6 cm³/mol. The standard InChI is InChI=1S/C10H12N2O/c1-11-9-6-7-4-2-3-5-8(7)12-10(9)13/h2-5,9,11H,6H2,1H3,(H,12,13)/t9-/m1/s1. The van der Waals surface area contributed by atoms with Gasteiger partial charge in [0.25, 0.3) is 0 Å². The number of carbonyl (C=O) groups excluding carboxylic acids is 1. The first-order chi connectivity index (χ1) is 6.31. The van der Waals surface area contributed by atoms with Crippen molar-refractivity contribution in [3.63, 3.8) is 0 Å². The molecule has 68 valence electrons. The summed E-state index contributed by atoms with van der Waals surface area (Å²) >= 11 is 0. The Kier molecular flexibility index (Phi) is 2.02. The van der Waals surface area contributed by atoms with Crippen LogP contribution in [0.25, 0.3) is 0 Å². The van der Waals surface area contributed by atoms with E-state index < -0.39 is 0 Å². The van der Waals surface area contributed by atoms with E-state index in [1.165, 1.54) is 5.56 Å². The molecule has 1 aromatic carbocycles. The fraction of sp³-hybridized carbons (Fsp3) is 0.300. The largest absolute Gasteiger partial charge is 0.324 e. The second-order valence-electron chi connectivity index (χ2n) is 3.19. The molecule has 0 saturated carbocycles. The molecule has 0 radical (unpaired) electrons. The molecule has 0 fully saturated rings. The summed E-state index contributed by atoms with van der Waals surface area (Å²) < 4.78 is 0. The molecule has 2 rings (SSSR count). The minimum atomic E-state index is -0.0881. The molecule has 1 atom stereocenters. The Hall–Kier alpha value is -1.35. The van der Waals surface area contributed by atoms with Gasteiger partial charge in [-0.05, 0) is 25.1 Å². The molecule has 0 spiro atoms. The molecule has 0 aromatic heterocycles. The minimum absolute atomic E-state index is 0.0567. The van der Waals surface area contributed by atoms with Crippen LogP contribution in [0.3, 0.4) is 0 Å². The van der Waals surface area contributed by atoms with Crippen molar-refractivity contribution < 1.29 is 4.79 Å². The highest BCUT2D eigenvalue weighted by molar-refractivity contribution is 5.97. The van der Waals surface area contributed by atoms with Crippen LogP contribution in [0.2, 0.25) is 0 Å². The van der Waals surface area contributed by atoms with Crippen molar-refractivity contribution in [1.82, 2.24) is 5.32 Å². The highest BCUT2D eigenvalue weighted by Gasteiger charge is 2.23. The molecule has 2 N–H and O–H groups in total. The SMILES string of the molecule is CN[C@@H]1Cc2ccccc2NC1=O. The summed E-state index contributed by atoms with van der Waals surface area (Å²) in [4.78, 5) is 11.4. The Morgan fingerprint density at radius 1 is 1.46 bits per heavy atom. The van der Waals surface area contributed by atoms with Gasteiger partial charge in [-0.15, -0.1) is 0 Å². The number of para-hydroxylation sites is 1. The Morgan fingerprint density at radius 3 is 3.00 bits per heavy atom. The van der Waals surface area contributed by atoms with Gasteiger partial charge in [0.15, 0.2) is 0 Å². The number of rotatable bonds is 1. The van der Waals surface area contributed by atoms with Crippen molar-refractivity contribution in [2.24, 2.45) is 0 Å². The number of hydrogen-bond acceptors (Lipinski definition) is 2. The van der Waals surface area contributed by atoms with Crippen molar-refractivity contribution in [3.8, 4) is 0 Å². The van der Waals surface area contributed by atoms with Crippen molar-refractivity contribution in [2.45, 2.75) is 12.5 Å². The van der Waals surface area contributed by atoms with Crippen LogP contribution in [0, 0.1) is 0 Å². The summed E-state index contributed by atoms with van der Waals surface area (Å²) in [6, 6.07) is 7.80. The van der Waals surface area contributed by atoms with E-state index in [1.807, 2.05) is 24.3 Å². The van der Waals surface area contributed by atoms with E-state index >= 15 is 0 Å². The highest BCUT2D eigenvalue weighted by atomic mass is 16.2. The normalized spacial score (nSPS) is 20.7. The monoisotopic (exact) mass is 176 g/mol. The zero-order chi connectivity index (χ0) is 9.26. The number of carbonyl (C=O) groups is 1. The second kappa shape index (κ2) is 3.18. The zero-order valence-electron chi connectivity index (χ0n) is 7.50. The van der Waals surface area contributed by atoms with Gasteiger partial charge >= 0.3 is 0 Å². The van der Waals surface area contributed by atoms with E-state index in [0.717, 1.165) is 12.1 Å². The quantitative estimate of drug-likeness (QED) is 0.663. The Balaban J connectivity index is 2.33. The molecule has 0 unspecified atom stereocenters. The number of hydrogen-bond donors (Lipinski definition) is 2. The summed E-state index contributed by atoms with van der Waals surface area (Å²) in [7, 11) is 1.80. The van der Waals surface area contributed by atoms with Crippen LogP contribution in [0.4, 0.5) is 5.69 Å². The average molecular weight is 176 g/mol. The Labute approximate surface area is 77.1 Å². The first kappa shape index (κ1) is 8.26. The fourth-order valence-electron chi connectivity index (χ4n) is 1.59. The van der Waals surface area contributed by atoms with Crippen LogP contribution in [-0.4, -0.2) is 19.0 Å². The maximum absolute atomic E-state index is 11.4. The summed E-state index contributed by atoms with van der Waals surface area (Å²) in [5.74, 6) is 0.0567. The minimum Gasteiger partial charge on any atom is -0.324 e. The third-order valence-corrected chi connectivity index (χ3v) is 2.36. The van der Waals surface area contributed by atoms with Gasteiger partial charge in [0.1, 0.15) is 0 Å². The van der Waals surface area contributed by atoms with Crippen LogP contribution < -0.4 is 10.6 Å². The molecule has 3 nitrogen and oxygen atoms in total. The molecule has 0 bridgehead atoms. The lowest BCUT2D eigenvalue weighted by Crippen LogP contribution is -2.43. The number of amides is 1. The van der Waals surface area contributed by atoms with Crippen molar-refractivity contribution >= 4 is 11.6 Å². The molecular weight excluding hydrogens is 164 g/mol. The molecule has 0 saturated heterocycles.